The van der Waals surface area contributed by atoms with Gasteiger partial charge in [-0.3, -0.25) is 0 Å². The molecule has 0 amide bonds. The second-order valence-electron chi connectivity index (χ2n) is 25.6. The number of hydrogen-bond donors (Lipinski definition) is 0. The summed E-state index contributed by atoms with van der Waals surface area (Å²) >= 11 is 0. The summed E-state index contributed by atoms with van der Waals surface area (Å²) in [6.07, 6.45) is 0. The van der Waals surface area contributed by atoms with Crippen LogP contribution in [0.2, 0.25) is 0 Å². The lowest BCUT2D eigenvalue weighted by molar-refractivity contribution is 0.567. The summed E-state index contributed by atoms with van der Waals surface area (Å²) in [5, 5.41) is 12.1. The molecule has 0 aliphatic carbocycles. The molecule has 0 saturated carbocycles. The molecule has 3 heteroatoms. The van der Waals surface area contributed by atoms with E-state index in [0.717, 1.165) is 34.1 Å². The number of anilines is 9. The van der Waals surface area contributed by atoms with E-state index in [0.29, 0.717) is 0 Å². The van der Waals surface area contributed by atoms with Gasteiger partial charge in [-0.2, -0.15) is 0 Å². The lowest BCUT2D eigenvalue weighted by Crippen LogP contribution is -2.43. The lowest BCUT2D eigenvalue weighted by atomic mass is 9.60. The van der Waals surface area contributed by atoms with Crippen LogP contribution in [0.5, 0.6) is 0 Å². The second-order valence-corrected chi connectivity index (χ2v) is 25.6. The topological polar surface area (TPSA) is 9.72 Å². The van der Waals surface area contributed by atoms with Crippen LogP contribution in [-0.4, -0.2) is 0 Å². The first-order valence-electron chi connectivity index (χ1n) is 30.4. The predicted molar refractivity (Wildman–Crippen MR) is 365 cm³/mol. The summed E-state index contributed by atoms with van der Waals surface area (Å²) in [4.78, 5) is 7.68. The van der Waals surface area contributed by atoms with Gasteiger partial charge in [-0.05, 0) is 149 Å². The second kappa shape index (κ2) is 18.4. The van der Waals surface area contributed by atoms with Crippen LogP contribution in [0.4, 0.5) is 51.2 Å². The minimum atomic E-state index is -0.388. The Bertz CT molecular complexity index is 5000. The molecule has 0 bridgehead atoms. The number of rotatable bonds is 8. The molecule has 0 saturated heterocycles. The quantitative estimate of drug-likeness (QED) is 0.150. The van der Waals surface area contributed by atoms with Gasteiger partial charge in [-0.1, -0.05) is 248 Å². The third kappa shape index (κ3) is 7.15. The van der Waals surface area contributed by atoms with Gasteiger partial charge in [-0.15, -0.1) is 0 Å². The Balaban J connectivity index is 0.850. The molecular formula is C83H63N3. The van der Waals surface area contributed by atoms with Gasteiger partial charge in [0.25, 0.3) is 0 Å². The van der Waals surface area contributed by atoms with Crippen LogP contribution in [0, 0.1) is 0 Å². The van der Waals surface area contributed by atoms with Crippen LogP contribution in [-0.2, 0) is 16.2 Å². The SMILES string of the molecule is CC1(C)c2cccc3c2N2c4c1cc(-c1ccc(N(c5cccc6ccccc56)c5cccc6ccccc56)cc1)cc4C(C)(C)c1cc(-c4ccc(N(c5cccc6ccccc56)c5cccc6ccccc56)c5ccccc45)cc(c12)C3(C)C. The summed E-state index contributed by atoms with van der Waals surface area (Å²) < 4.78 is 0. The monoisotopic (exact) mass is 1100 g/mol. The van der Waals surface area contributed by atoms with Crippen molar-refractivity contribution in [3.8, 4) is 22.3 Å². The molecule has 0 unspecified atom stereocenters. The zero-order valence-electron chi connectivity index (χ0n) is 49.3. The molecule has 17 rings (SSSR count). The molecule has 0 N–H and O–H groups in total. The van der Waals surface area contributed by atoms with Crippen molar-refractivity contribution < 1.29 is 0 Å². The highest BCUT2D eigenvalue weighted by Gasteiger charge is 2.52. The smallest absolute Gasteiger partial charge is 0.0544 e. The number of benzene rings is 14. The standard InChI is InChI=1S/C83H63N3/c1-81(2)67-36-21-37-68-78(67)86-79-69(81)48-57(52-42-44-59(45-43-52)84(73-38-17-26-53-22-7-11-30-61(53)73)74-39-18-27-54-23-8-12-31-62(54)74)49-70(79)83(5,6)72-51-58(50-71(80(72)86)82(68,3)4)60-46-47-77(66-35-16-15-34-65(60)66)85(75-40-19-28-55-24-9-13-32-63(55)75)76-41-20-29-56-25-10-14-33-64(56)76/h7-51H,1-6H3. The number of para-hydroxylation sites is 1. The molecule has 0 atom stereocenters. The Morgan fingerprint density at radius 1 is 0.244 bits per heavy atom. The van der Waals surface area contributed by atoms with E-state index in [1.807, 2.05) is 0 Å². The van der Waals surface area contributed by atoms with Gasteiger partial charge in [-0.25, -0.2) is 0 Å². The first kappa shape index (κ1) is 50.3. The zero-order valence-corrected chi connectivity index (χ0v) is 49.3. The van der Waals surface area contributed by atoms with E-state index in [-0.39, 0.29) is 16.2 Å². The van der Waals surface area contributed by atoms with Gasteiger partial charge < -0.3 is 14.7 Å². The highest BCUT2D eigenvalue weighted by Crippen LogP contribution is 2.67. The van der Waals surface area contributed by atoms with Crippen molar-refractivity contribution in [1.82, 2.24) is 0 Å². The average Bonchev–Trinajstić information content (AvgIpc) is 0.721. The van der Waals surface area contributed by atoms with Crippen molar-refractivity contribution in [3.05, 3.63) is 306 Å². The maximum Gasteiger partial charge on any atom is 0.0544 e. The molecule has 0 fully saturated rings. The lowest BCUT2D eigenvalue weighted by Gasteiger charge is -2.55. The van der Waals surface area contributed by atoms with E-state index in [9.17, 15) is 0 Å². The van der Waals surface area contributed by atoms with Crippen LogP contribution in [0.15, 0.2) is 273 Å². The molecule has 410 valence electrons. The zero-order chi connectivity index (χ0) is 57.8. The average molecular weight is 1100 g/mol. The van der Waals surface area contributed by atoms with E-state index in [1.165, 1.54) is 127 Å². The summed E-state index contributed by atoms with van der Waals surface area (Å²) in [7, 11) is 0. The van der Waals surface area contributed by atoms with Gasteiger partial charge in [0.1, 0.15) is 0 Å². The fourth-order valence-corrected chi connectivity index (χ4v) is 15.5. The van der Waals surface area contributed by atoms with Crippen LogP contribution in [0.25, 0.3) is 76.1 Å². The number of hydrogen-bond acceptors (Lipinski definition) is 3. The minimum absolute atomic E-state index is 0.283. The summed E-state index contributed by atoms with van der Waals surface area (Å²) in [6.45, 7) is 14.8. The molecule has 0 spiro atoms. The Morgan fingerprint density at radius 3 is 1.01 bits per heavy atom. The van der Waals surface area contributed by atoms with E-state index >= 15 is 0 Å². The summed E-state index contributed by atoms with van der Waals surface area (Å²) in [5.74, 6) is 0. The Kier molecular flexibility index (Phi) is 10.8. The van der Waals surface area contributed by atoms with Gasteiger partial charge in [0, 0.05) is 48.9 Å². The van der Waals surface area contributed by atoms with E-state index in [1.54, 1.807) is 0 Å². The van der Waals surface area contributed by atoms with Gasteiger partial charge in [0.2, 0.25) is 0 Å². The van der Waals surface area contributed by atoms with Gasteiger partial charge in [0.05, 0.1) is 45.5 Å². The maximum atomic E-state index is 2.71. The van der Waals surface area contributed by atoms with E-state index in [2.05, 4.69) is 329 Å². The summed E-state index contributed by atoms with van der Waals surface area (Å²) in [6, 6.07) is 102. The van der Waals surface area contributed by atoms with Crippen molar-refractivity contribution >= 4 is 105 Å². The largest absolute Gasteiger partial charge is 0.309 e. The predicted octanol–water partition coefficient (Wildman–Crippen LogP) is 23.1. The van der Waals surface area contributed by atoms with Crippen LogP contribution in [0.3, 0.4) is 0 Å². The van der Waals surface area contributed by atoms with Crippen molar-refractivity contribution in [1.29, 1.82) is 0 Å². The molecule has 14 aromatic rings. The van der Waals surface area contributed by atoms with Crippen LogP contribution in [0.1, 0.15) is 74.9 Å². The molecule has 0 radical (unpaired) electrons. The fourth-order valence-electron chi connectivity index (χ4n) is 15.5. The molecule has 3 aliphatic rings. The van der Waals surface area contributed by atoms with Crippen molar-refractivity contribution in [2.75, 3.05) is 14.7 Å². The van der Waals surface area contributed by atoms with Crippen LogP contribution < -0.4 is 14.7 Å². The maximum absolute atomic E-state index is 2.71. The van der Waals surface area contributed by atoms with E-state index in [4.69, 9.17) is 0 Å². The van der Waals surface area contributed by atoms with Crippen molar-refractivity contribution in [2.24, 2.45) is 0 Å². The van der Waals surface area contributed by atoms with E-state index < -0.39 is 0 Å². The molecule has 0 aromatic heterocycles. The van der Waals surface area contributed by atoms with Crippen molar-refractivity contribution in [2.45, 2.75) is 57.8 Å². The van der Waals surface area contributed by atoms with Gasteiger partial charge >= 0.3 is 0 Å². The Hall–Kier alpha value is -10.2. The number of fused-ring (bicyclic) bond motifs is 5. The number of nitrogens with zero attached hydrogens (tertiary/aromatic N) is 3. The third-order valence-electron chi connectivity index (χ3n) is 19.9. The third-order valence-corrected chi connectivity index (χ3v) is 19.9. The summed E-state index contributed by atoms with van der Waals surface area (Å²) in [5.41, 5.74) is 23.0. The first-order chi connectivity index (χ1) is 41.9. The van der Waals surface area contributed by atoms with Crippen molar-refractivity contribution in [3.63, 3.8) is 0 Å². The Morgan fingerprint density at radius 2 is 0.570 bits per heavy atom. The Labute approximate surface area is 503 Å². The first-order valence-corrected chi connectivity index (χ1v) is 30.4. The minimum Gasteiger partial charge on any atom is -0.309 e. The molecule has 14 aromatic carbocycles. The molecule has 86 heavy (non-hydrogen) atoms. The molecule has 3 aliphatic heterocycles. The highest BCUT2D eigenvalue weighted by molar-refractivity contribution is 6.13. The molecule has 3 nitrogen and oxygen atoms in total. The highest BCUT2D eigenvalue weighted by atomic mass is 15.2. The normalized spacial score (nSPS) is 14.7. The molecular weight excluding hydrogens is 1040 g/mol. The van der Waals surface area contributed by atoms with Crippen LogP contribution >= 0.6 is 0 Å². The fraction of sp³-hybridized carbons (Fsp3) is 0.108. The molecule has 3 heterocycles. The van der Waals surface area contributed by atoms with Gasteiger partial charge in [0.15, 0.2) is 0 Å².